The molecule has 0 radical (unpaired) electrons. The Bertz CT molecular complexity index is 1050. The summed E-state index contributed by atoms with van der Waals surface area (Å²) >= 11 is 2.02. The normalized spacial score (nSPS) is 15.0. The maximum Gasteiger partial charge on any atom is 0.419 e. The molecule has 6 heteroatoms. The van der Waals surface area contributed by atoms with Crippen molar-refractivity contribution in [2.24, 2.45) is 7.05 Å². The van der Waals surface area contributed by atoms with Gasteiger partial charge in [-0.25, -0.2) is 4.79 Å². The molecule has 2 aromatic carbocycles. The van der Waals surface area contributed by atoms with E-state index in [0.717, 1.165) is 16.7 Å². The van der Waals surface area contributed by atoms with Crippen molar-refractivity contribution >= 4 is 34.5 Å². The van der Waals surface area contributed by atoms with Crippen molar-refractivity contribution in [2.45, 2.75) is 43.1 Å². The molecule has 1 aliphatic rings. The third-order valence-corrected chi connectivity index (χ3v) is 6.73. The lowest BCUT2D eigenvalue weighted by atomic mass is 10.0. The van der Waals surface area contributed by atoms with Crippen LogP contribution >= 0.6 is 11.8 Å². The minimum Gasteiger partial charge on any atom is -0.407 e. The summed E-state index contributed by atoms with van der Waals surface area (Å²) in [6.45, 7) is 0. The second-order valence-corrected chi connectivity index (χ2v) is 8.60. The van der Waals surface area contributed by atoms with Gasteiger partial charge in [0.15, 0.2) is 5.58 Å². The van der Waals surface area contributed by atoms with Gasteiger partial charge in [0.1, 0.15) is 0 Å². The summed E-state index contributed by atoms with van der Waals surface area (Å²) in [5, 5.41) is 3.69. The molecule has 146 valence electrons. The first kappa shape index (κ1) is 18.9. The van der Waals surface area contributed by atoms with Gasteiger partial charge in [0, 0.05) is 23.7 Å². The van der Waals surface area contributed by atoms with Gasteiger partial charge in [-0.2, -0.15) is 11.8 Å². The Balaban J connectivity index is 1.48. The van der Waals surface area contributed by atoms with Crippen LogP contribution in [0.1, 0.15) is 48.0 Å². The lowest BCUT2D eigenvalue weighted by Crippen LogP contribution is -2.12. The Morgan fingerprint density at radius 2 is 1.96 bits per heavy atom. The van der Waals surface area contributed by atoms with E-state index in [-0.39, 0.29) is 5.91 Å². The summed E-state index contributed by atoms with van der Waals surface area (Å²) in [5.74, 6) is 0.200. The number of oxazole rings is 1. The number of benzene rings is 2. The van der Waals surface area contributed by atoms with Crippen molar-refractivity contribution in [1.29, 1.82) is 0 Å². The molecule has 0 saturated heterocycles. The fourth-order valence-electron chi connectivity index (χ4n) is 3.71. The summed E-state index contributed by atoms with van der Waals surface area (Å²) in [6.07, 6.45) is 6.68. The van der Waals surface area contributed by atoms with Crippen LogP contribution in [0.2, 0.25) is 0 Å². The number of aromatic nitrogens is 1. The van der Waals surface area contributed by atoms with Crippen molar-refractivity contribution in [3.8, 4) is 0 Å². The summed E-state index contributed by atoms with van der Waals surface area (Å²) in [7, 11) is 1.63. The Labute approximate surface area is 168 Å². The Kier molecular flexibility index (Phi) is 5.57. The van der Waals surface area contributed by atoms with E-state index in [0.29, 0.717) is 16.7 Å². The third-order valence-electron chi connectivity index (χ3n) is 5.29. The molecular formula is C22H24N2O3S. The van der Waals surface area contributed by atoms with Gasteiger partial charge in [-0.15, -0.1) is 0 Å². The Morgan fingerprint density at radius 1 is 1.18 bits per heavy atom. The molecule has 0 bridgehead atoms. The molecule has 1 aromatic heterocycles. The average molecular weight is 397 g/mol. The number of carbonyl (C=O) groups is 1. The van der Waals surface area contributed by atoms with Crippen LogP contribution in [-0.4, -0.2) is 15.7 Å². The molecule has 1 aliphatic carbocycles. The fourth-order valence-corrected chi connectivity index (χ4v) is 4.99. The molecule has 1 saturated carbocycles. The van der Waals surface area contributed by atoms with Gasteiger partial charge in [0.05, 0.1) is 11.1 Å². The van der Waals surface area contributed by atoms with Crippen LogP contribution in [-0.2, 0) is 12.8 Å². The number of thioether (sulfide) groups is 1. The highest BCUT2D eigenvalue weighted by molar-refractivity contribution is 7.99. The van der Waals surface area contributed by atoms with E-state index >= 15 is 0 Å². The first-order valence-corrected chi connectivity index (χ1v) is 10.8. The van der Waals surface area contributed by atoms with Gasteiger partial charge >= 0.3 is 5.76 Å². The van der Waals surface area contributed by atoms with Gasteiger partial charge in [-0.1, -0.05) is 37.5 Å². The highest BCUT2D eigenvalue weighted by Gasteiger charge is 2.17. The van der Waals surface area contributed by atoms with Gasteiger partial charge in [0.2, 0.25) is 0 Å². The van der Waals surface area contributed by atoms with Crippen LogP contribution in [0, 0.1) is 0 Å². The zero-order chi connectivity index (χ0) is 19.5. The topological polar surface area (TPSA) is 64.2 Å². The molecule has 0 unspecified atom stereocenters. The maximum atomic E-state index is 12.8. The molecule has 1 N–H and O–H groups in total. The van der Waals surface area contributed by atoms with Crippen LogP contribution in [0.3, 0.4) is 0 Å². The molecule has 1 heterocycles. The standard InChI is InChI=1S/C22H24N2O3S/c1-24-19-12-6-11-18(20(19)27-22(24)26)21(25)23-16-8-5-7-15(13-16)14-28-17-9-3-2-4-10-17/h5-8,11-13,17H,2-4,9-10,14H2,1H3,(H,23,25). The Morgan fingerprint density at radius 3 is 2.79 bits per heavy atom. The Hall–Kier alpha value is -2.47. The van der Waals surface area contributed by atoms with E-state index in [1.165, 1.54) is 42.2 Å². The molecule has 0 aliphatic heterocycles. The number of anilines is 1. The van der Waals surface area contributed by atoms with Crippen molar-refractivity contribution in [3.05, 3.63) is 64.1 Å². The first-order valence-electron chi connectivity index (χ1n) is 9.72. The second kappa shape index (κ2) is 8.27. The van der Waals surface area contributed by atoms with Gasteiger partial charge in [-0.3, -0.25) is 9.36 Å². The number of carbonyl (C=O) groups excluding carboxylic acids is 1. The predicted octanol–water partition coefficient (Wildman–Crippen LogP) is 4.95. The lowest BCUT2D eigenvalue weighted by molar-refractivity contribution is 0.102. The van der Waals surface area contributed by atoms with E-state index in [1.54, 1.807) is 25.2 Å². The smallest absolute Gasteiger partial charge is 0.407 e. The van der Waals surface area contributed by atoms with Crippen LogP contribution < -0.4 is 11.1 Å². The molecule has 28 heavy (non-hydrogen) atoms. The molecule has 0 atom stereocenters. The van der Waals surface area contributed by atoms with Gasteiger partial charge in [0.25, 0.3) is 5.91 Å². The van der Waals surface area contributed by atoms with E-state index in [1.807, 2.05) is 30.0 Å². The summed E-state index contributed by atoms with van der Waals surface area (Å²) in [4.78, 5) is 24.6. The van der Waals surface area contributed by atoms with Crippen molar-refractivity contribution in [2.75, 3.05) is 5.32 Å². The minimum atomic E-state index is -0.475. The molecule has 5 nitrogen and oxygen atoms in total. The highest BCUT2D eigenvalue weighted by Crippen LogP contribution is 2.31. The van der Waals surface area contributed by atoms with Crippen LogP contribution in [0.5, 0.6) is 0 Å². The van der Waals surface area contributed by atoms with Crippen molar-refractivity contribution in [1.82, 2.24) is 4.57 Å². The number of hydrogen-bond acceptors (Lipinski definition) is 4. The van der Waals surface area contributed by atoms with Gasteiger partial charge in [-0.05, 0) is 42.7 Å². The fraction of sp³-hybridized carbons (Fsp3) is 0.364. The van der Waals surface area contributed by atoms with Crippen LogP contribution in [0.4, 0.5) is 5.69 Å². The number of para-hydroxylation sites is 1. The highest BCUT2D eigenvalue weighted by atomic mass is 32.2. The lowest BCUT2D eigenvalue weighted by Gasteiger charge is -2.21. The first-order chi connectivity index (χ1) is 13.6. The van der Waals surface area contributed by atoms with E-state index < -0.39 is 5.76 Å². The largest absolute Gasteiger partial charge is 0.419 e. The number of nitrogens with one attached hydrogen (secondary N) is 1. The van der Waals surface area contributed by atoms with Crippen molar-refractivity contribution < 1.29 is 9.21 Å². The number of aryl methyl sites for hydroxylation is 1. The summed E-state index contributed by atoms with van der Waals surface area (Å²) in [5.41, 5.74) is 3.24. The molecule has 1 fully saturated rings. The maximum absolute atomic E-state index is 12.8. The third kappa shape index (κ3) is 4.02. The van der Waals surface area contributed by atoms with Crippen LogP contribution in [0.25, 0.3) is 11.1 Å². The van der Waals surface area contributed by atoms with E-state index in [4.69, 9.17) is 4.42 Å². The number of hydrogen-bond donors (Lipinski definition) is 1. The molecule has 1 amide bonds. The predicted molar refractivity (Wildman–Crippen MR) is 114 cm³/mol. The number of nitrogens with zero attached hydrogens (tertiary/aromatic N) is 1. The van der Waals surface area contributed by atoms with Gasteiger partial charge < -0.3 is 9.73 Å². The minimum absolute atomic E-state index is 0.281. The zero-order valence-corrected chi connectivity index (χ0v) is 16.8. The monoisotopic (exact) mass is 396 g/mol. The quantitative estimate of drug-likeness (QED) is 0.663. The van der Waals surface area contributed by atoms with E-state index in [9.17, 15) is 9.59 Å². The average Bonchev–Trinajstić information content (AvgIpc) is 3.01. The molecule has 4 rings (SSSR count). The summed E-state index contributed by atoms with van der Waals surface area (Å²) in [6, 6.07) is 13.2. The SMILES string of the molecule is Cn1c(=O)oc2c(C(=O)Nc3cccc(CSC4CCCCC4)c3)cccc21. The van der Waals surface area contributed by atoms with E-state index in [2.05, 4.69) is 11.4 Å². The number of rotatable bonds is 5. The molecular weight excluding hydrogens is 372 g/mol. The molecule has 0 spiro atoms. The number of amides is 1. The zero-order valence-electron chi connectivity index (χ0n) is 15.9. The summed E-state index contributed by atoms with van der Waals surface area (Å²) < 4.78 is 6.66. The van der Waals surface area contributed by atoms with Crippen LogP contribution in [0.15, 0.2) is 51.7 Å². The molecule has 3 aromatic rings. The second-order valence-electron chi connectivity index (χ2n) is 7.31. The van der Waals surface area contributed by atoms with Crippen molar-refractivity contribution in [3.63, 3.8) is 0 Å². The number of fused-ring (bicyclic) bond motifs is 1.